The van der Waals surface area contributed by atoms with Crippen LogP contribution in [0.5, 0.6) is 0 Å². The van der Waals surface area contributed by atoms with Gasteiger partial charge in [-0.15, -0.1) is 0 Å². The van der Waals surface area contributed by atoms with Crippen molar-refractivity contribution in [1.29, 1.82) is 0 Å². The highest BCUT2D eigenvalue weighted by molar-refractivity contribution is 8.26. The van der Waals surface area contributed by atoms with Crippen LogP contribution in [0.2, 0.25) is 0 Å². The molecule has 8 heteroatoms. The normalized spacial score (nSPS) is 18.2. The van der Waals surface area contributed by atoms with Gasteiger partial charge in [0.15, 0.2) is 4.32 Å². The molecule has 6 nitrogen and oxygen atoms in total. The van der Waals surface area contributed by atoms with Gasteiger partial charge in [-0.1, -0.05) is 69.8 Å². The standard InChI is InChI=1S/C25H25N3O3S2/c1-5-14-27-18-9-7-6-8-17(18)19(22(27)30)20-23(31)28(24(32)33-20)26-21(29)15-10-12-16(13-11-15)25(2,3)4/h6-13H,5,14H2,1-4H3,(H,26,29)/b20-19-. The molecular weight excluding hydrogens is 454 g/mol. The summed E-state index contributed by atoms with van der Waals surface area (Å²) in [6, 6.07) is 14.7. The molecule has 0 spiro atoms. The summed E-state index contributed by atoms with van der Waals surface area (Å²) in [6.07, 6.45) is 0.790. The number of hydrogen-bond acceptors (Lipinski definition) is 5. The van der Waals surface area contributed by atoms with Gasteiger partial charge in [-0.3, -0.25) is 19.8 Å². The summed E-state index contributed by atoms with van der Waals surface area (Å²) in [7, 11) is 0. The van der Waals surface area contributed by atoms with Crippen molar-refractivity contribution < 1.29 is 14.4 Å². The number of thioether (sulfide) groups is 1. The second-order valence-corrected chi connectivity index (χ2v) is 10.6. The smallest absolute Gasteiger partial charge is 0.286 e. The van der Waals surface area contributed by atoms with Crippen molar-refractivity contribution >= 4 is 57.3 Å². The molecule has 33 heavy (non-hydrogen) atoms. The first-order chi connectivity index (χ1) is 15.6. The molecule has 0 unspecified atom stereocenters. The molecule has 2 aliphatic rings. The molecule has 0 saturated carbocycles. The highest BCUT2D eigenvalue weighted by Gasteiger charge is 2.42. The van der Waals surface area contributed by atoms with Crippen molar-refractivity contribution in [2.75, 3.05) is 11.4 Å². The Kier molecular flexibility index (Phi) is 6.16. The maximum Gasteiger partial charge on any atom is 0.286 e. The topological polar surface area (TPSA) is 69.7 Å². The van der Waals surface area contributed by atoms with E-state index in [2.05, 4.69) is 26.2 Å². The van der Waals surface area contributed by atoms with Crippen LogP contribution in [0, 0.1) is 0 Å². The molecule has 2 aliphatic heterocycles. The number of para-hydroxylation sites is 1. The molecule has 0 bridgehead atoms. The van der Waals surface area contributed by atoms with Crippen LogP contribution in [0.15, 0.2) is 53.4 Å². The number of hydrazine groups is 1. The minimum Gasteiger partial charge on any atom is -0.308 e. The van der Waals surface area contributed by atoms with Crippen LogP contribution in [0.1, 0.15) is 55.6 Å². The van der Waals surface area contributed by atoms with Gasteiger partial charge < -0.3 is 4.90 Å². The fourth-order valence-electron chi connectivity index (χ4n) is 3.85. The summed E-state index contributed by atoms with van der Waals surface area (Å²) >= 11 is 6.41. The first-order valence-corrected chi connectivity index (χ1v) is 12.0. The van der Waals surface area contributed by atoms with E-state index in [1.165, 1.54) is 0 Å². The van der Waals surface area contributed by atoms with Gasteiger partial charge in [0.1, 0.15) is 0 Å². The highest BCUT2D eigenvalue weighted by Crippen LogP contribution is 2.44. The number of nitrogens with zero attached hydrogens (tertiary/aromatic N) is 2. The van der Waals surface area contributed by atoms with Gasteiger partial charge in [-0.05, 0) is 47.8 Å². The van der Waals surface area contributed by atoms with Gasteiger partial charge in [0.2, 0.25) is 0 Å². The van der Waals surface area contributed by atoms with E-state index in [0.29, 0.717) is 23.2 Å². The number of carbonyl (C=O) groups is 3. The van der Waals surface area contributed by atoms with E-state index in [1.807, 2.05) is 43.3 Å². The minimum atomic E-state index is -0.499. The SMILES string of the molecule is CCCN1C(=O)/C(=C2\SC(=S)N(NC(=O)c3ccc(C(C)(C)C)cc3)C2=O)c2ccccc21. The molecule has 2 heterocycles. The molecule has 0 radical (unpaired) electrons. The van der Waals surface area contributed by atoms with Crippen molar-refractivity contribution in [3.05, 3.63) is 70.1 Å². The van der Waals surface area contributed by atoms with Crippen LogP contribution in [0.25, 0.3) is 5.57 Å². The van der Waals surface area contributed by atoms with Crippen LogP contribution in [-0.4, -0.2) is 33.6 Å². The number of rotatable bonds is 4. The largest absolute Gasteiger partial charge is 0.308 e. The molecule has 170 valence electrons. The molecule has 1 N–H and O–H groups in total. The van der Waals surface area contributed by atoms with Crippen LogP contribution in [-0.2, 0) is 15.0 Å². The first-order valence-electron chi connectivity index (χ1n) is 10.8. The molecular formula is C25H25N3O3S2. The Balaban J connectivity index is 1.61. The number of benzene rings is 2. The zero-order valence-corrected chi connectivity index (χ0v) is 20.6. The zero-order valence-electron chi connectivity index (χ0n) is 19.0. The monoisotopic (exact) mass is 479 g/mol. The second-order valence-electron chi connectivity index (χ2n) is 8.95. The van der Waals surface area contributed by atoms with Crippen molar-refractivity contribution in [1.82, 2.24) is 10.4 Å². The lowest BCUT2D eigenvalue weighted by Crippen LogP contribution is -2.45. The van der Waals surface area contributed by atoms with Crippen molar-refractivity contribution in [2.45, 2.75) is 39.5 Å². The lowest BCUT2D eigenvalue weighted by atomic mass is 9.87. The molecule has 1 fully saturated rings. The van der Waals surface area contributed by atoms with Gasteiger partial charge in [0, 0.05) is 17.7 Å². The fourth-order valence-corrected chi connectivity index (χ4v) is 5.10. The van der Waals surface area contributed by atoms with Crippen molar-refractivity contribution in [2.24, 2.45) is 0 Å². The molecule has 0 atom stereocenters. The maximum absolute atomic E-state index is 13.2. The Morgan fingerprint density at radius 2 is 1.70 bits per heavy atom. The number of hydrogen-bond donors (Lipinski definition) is 1. The molecule has 2 aromatic rings. The Morgan fingerprint density at radius 1 is 1.03 bits per heavy atom. The number of carbonyl (C=O) groups excluding carboxylic acids is 3. The van der Waals surface area contributed by atoms with Gasteiger partial charge in [0.25, 0.3) is 17.7 Å². The number of anilines is 1. The molecule has 4 rings (SSSR count). The van der Waals surface area contributed by atoms with Crippen LogP contribution < -0.4 is 10.3 Å². The number of thiocarbonyl (C=S) groups is 1. The maximum atomic E-state index is 13.2. The zero-order chi connectivity index (χ0) is 23.9. The van der Waals surface area contributed by atoms with Gasteiger partial charge in [0.05, 0.1) is 16.2 Å². The van der Waals surface area contributed by atoms with E-state index in [4.69, 9.17) is 12.2 Å². The molecule has 3 amide bonds. The first kappa shape index (κ1) is 23.2. The van der Waals surface area contributed by atoms with Gasteiger partial charge in [-0.2, -0.15) is 5.01 Å². The van der Waals surface area contributed by atoms with Crippen LogP contribution in [0.3, 0.4) is 0 Å². The quantitative estimate of drug-likeness (QED) is 0.510. The van der Waals surface area contributed by atoms with E-state index in [9.17, 15) is 14.4 Å². The second kappa shape index (κ2) is 8.76. The summed E-state index contributed by atoms with van der Waals surface area (Å²) in [4.78, 5) is 41.2. The van der Waals surface area contributed by atoms with E-state index < -0.39 is 11.8 Å². The van der Waals surface area contributed by atoms with Gasteiger partial charge in [-0.25, -0.2) is 0 Å². The number of fused-ring (bicyclic) bond motifs is 1. The highest BCUT2D eigenvalue weighted by atomic mass is 32.2. The summed E-state index contributed by atoms with van der Waals surface area (Å²) in [6.45, 7) is 8.84. The van der Waals surface area contributed by atoms with Crippen LogP contribution >= 0.6 is 24.0 Å². The third-order valence-electron chi connectivity index (χ3n) is 5.59. The predicted octanol–water partition coefficient (Wildman–Crippen LogP) is 4.66. The third kappa shape index (κ3) is 4.20. The van der Waals surface area contributed by atoms with E-state index >= 15 is 0 Å². The van der Waals surface area contributed by atoms with Gasteiger partial charge >= 0.3 is 0 Å². The average molecular weight is 480 g/mol. The third-order valence-corrected chi connectivity index (χ3v) is 6.97. The Bertz CT molecular complexity index is 1200. The summed E-state index contributed by atoms with van der Waals surface area (Å²) in [5, 5.41) is 1.06. The molecule has 2 aromatic carbocycles. The average Bonchev–Trinajstić information content (AvgIpc) is 3.21. The minimum absolute atomic E-state index is 0.0328. The molecule has 0 aromatic heterocycles. The summed E-state index contributed by atoms with van der Waals surface area (Å²) < 4.78 is 0.182. The molecule has 1 saturated heterocycles. The molecule has 0 aliphatic carbocycles. The van der Waals surface area contributed by atoms with E-state index in [-0.39, 0.29) is 20.5 Å². The lowest BCUT2D eigenvalue weighted by Gasteiger charge is -2.20. The summed E-state index contributed by atoms with van der Waals surface area (Å²) in [5.74, 6) is -1.16. The fraction of sp³-hybridized carbons (Fsp3) is 0.280. The lowest BCUT2D eigenvalue weighted by molar-refractivity contribution is -0.124. The summed E-state index contributed by atoms with van der Waals surface area (Å²) in [5.41, 5.74) is 5.92. The Morgan fingerprint density at radius 3 is 2.33 bits per heavy atom. The van der Waals surface area contributed by atoms with E-state index in [0.717, 1.165) is 34.4 Å². The number of amides is 3. The van der Waals surface area contributed by atoms with E-state index in [1.54, 1.807) is 17.0 Å². The van der Waals surface area contributed by atoms with Crippen molar-refractivity contribution in [3.8, 4) is 0 Å². The predicted molar refractivity (Wildman–Crippen MR) is 136 cm³/mol. The number of nitrogens with one attached hydrogen (secondary N) is 1. The van der Waals surface area contributed by atoms with Crippen LogP contribution in [0.4, 0.5) is 5.69 Å². The van der Waals surface area contributed by atoms with Crippen molar-refractivity contribution in [3.63, 3.8) is 0 Å². The Hall–Kier alpha value is -2.97. The Labute approximate surface area is 203 Å².